The van der Waals surface area contributed by atoms with Crippen LogP contribution in [0.3, 0.4) is 0 Å². The van der Waals surface area contributed by atoms with Gasteiger partial charge in [-0.2, -0.15) is 4.98 Å². The van der Waals surface area contributed by atoms with Gasteiger partial charge in [-0.15, -0.1) is 11.3 Å². The minimum absolute atomic E-state index is 0.0756. The fraction of sp³-hybridized carbons (Fsp3) is 0.263. The first kappa shape index (κ1) is 17.4. The normalized spacial score (nSPS) is 13.3. The predicted molar refractivity (Wildman–Crippen MR) is 101 cm³/mol. The van der Waals surface area contributed by atoms with Gasteiger partial charge >= 0.3 is 0 Å². The van der Waals surface area contributed by atoms with E-state index in [2.05, 4.69) is 20.8 Å². The molecule has 1 aromatic carbocycles. The summed E-state index contributed by atoms with van der Waals surface area (Å²) in [6, 6.07) is 11.0. The SMILES string of the molecule is O=C(CCc1nc(-c2cccs2)no1)Nc1ccc(C(=O)NC2CC2)cc1. The zero-order valence-corrected chi connectivity index (χ0v) is 15.3. The number of amides is 2. The van der Waals surface area contributed by atoms with Gasteiger partial charge in [0.1, 0.15) is 0 Å². The zero-order chi connectivity index (χ0) is 18.6. The molecule has 7 nitrogen and oxygen atoms in total. The quantitative estimate of drug-likeness (QED) is 0.654. The Labute approximate surface area is 159 Å². The van der Waals surface area contributed by atoms with E-state index in [0.717, 1.165) is 17.7 Å². The molecule has 2 N–H and O–H groups in total. The molecule has 0 saturated heterocycles. The largest absolute Gasteiger partial charge is 0.349 e. The van der Waals surface area contributed by atoms with Crippen molar-refractivity contribution in [3.63, 3.8) is 0 Å². The molecular formula is C19H18N4O3S. The first-order chi connectivity index (χ1) is 13.2. The molecule has 1 saturated carbocycles. The van der Waals surface area contributed by atoms with E-state index < -0.39 is 0 Å². The van der Waals surface area contributed by atoms with Crippen LogP contribution >= 0.6 is 11.3 Å². The maximum absolute atomic E-state index is 12.1. The number of hydrogen-bond donors (Lipinski definition) is 2. The molecule has 1 aliphatic carbocycles. The van der Waals surface area contributed by atoms with Crippen LogP contribution < -0.4 is 10.6 Å². The summed E-state index contributed by atoms with van der Waals surface area (Å²) in [5.41, 5.74) is 1.24. The highest BCUT2D eigenvalue weighted by molar-refractivity contribution is 7.13. The number of nitrogens with zero attached hydrogens (tertiary/aromatic N) is 2. The maximum atomic E-state index is 12.1. The van der Waals surface area contributed by atoms with Crippen LogP contribution in [0.5, 0.6) is 0 Å². The number of carbonyl (C=O) groups excluding carboxylic acids is 2. The molecule has 1 aliphatic rings. The topological polar surface area (TPSA) is 97.1 Å². The van der Waals surface area contributed by atoms with E-state index in [0.29, 0.717) is 35.4 Å². The lowest BCUT2D eigenvalue weighted by Crippen LogP contribution is -2.25. The molecule has 0 spiro atoms. The number of aryl methyl sites for hydroxylation is 1. The van der Waals surface area contributed by atoms with Crippen molar-refractivity contribution in [3.8, 4) is 10.7 Å². The van der Waals surface area contributed by atoms with Crippen molar-refractivity contribution < 1.29 is 14.1 Å². The average molecular weight is 382 g/mol. The molecule has 8 heteroatoms. The van der Waals surface area contributed by atoms with Gasteiger partial charge in [0, 0.05) is 30.1 Å². The van der Waals surface area contributed by atoms with Gasteiger partial charge in [-0.25, -0.2) is 0 Å². The highest BCUT2D eigenvalue weighted by Crippen LogP contribution is 2.22. The second kappa shape index (κ2) is 7.71. The van der Waals surface area contributed by atoms with Gasteiger partial charge in [0.15, 0.2) is 0 Å². The van der Waals surface area contributed by atoms with Gasteiger partial charge in [-0.05, 0) is 48.6 Å². The smallest absolute Gasteiger partial charge is 0.251 e. The molecule has 4 rings (SSSR count). The van der Waals surface area contributed by atoms with Crippen LogP contribution in [0.4, 0.5) is 5.69 Å². The van der Waals surface area contributed by atoms with Gasteiger partial charge in [-0.3, -0.25) is 9.59 Å². The Balaban J connectivity index is 1.27. The van der Waals surface area contributed by atoms with Crippen molar-refractivity contribution in [2.75, 3.05) is 5.32 Å². The predicted octanol–water partition coefficient (Wildman–Crippen LogP) is 3.26. The molecule has 0 bridgehead atoms. The summed E-state index contributed by atoms with van der Waals surface area (Å²) in [6.07, 6.45) is 2.70. The van der Waals surface area contributed by atoms with E-state index in [9.17, 15) is 9.59 Å². The molecule has 1 fully saturated rings. The first-order valence-corrected chi connectivity index (χ1v) is 9.62. The Kier molecular flexibility index (Phi) is 4.97. The van der Waals surface area contributed by atoms with Crippen molar-refractivity contribution >= 4 is 28.8 Å². The van der Waals surface area contributed by atoms with Gasteiger partial charge in [0.05, 0.1) is 4.88 Å². The monoisotopic (exact) mass is 382 g/mol. The van der Waals surface area contributed by atoms with Crippen molar-refractivity contribution in [1.82, 2.24) is 15.5 Å². The number of rotatable bonds is 7. The van der Waals surface area contributed by atoms with Gasteiger partial charge in [0.25, 0.3) is 5.91 Å². The van der Waals surface area contributed by atoms with Crippen LogP contribution in [0.1, 0.15) is 35.5 Å². The molecule has 0 aliphatic heterocycles. The second-order valence-electron chi connectivity index (χ2n) is 6.36. The van der Waals surface area contributed by atoms with Crippen LogP contribution in [0, 0.1) is 0 Å². The molecule has 0 radical (unpaired) electrons. The highest BCUT2D eigenvalue weighted by atomic mass is 32.1. The van der Waals surface area contributed by atoms with E-state index in [4.69, 9.17) is 4.52 Å². The molecule has 2 aromatic heterocycles. The number of benzene rings is 1. The Morgan fingerprint density at radius 2 is 2.00 bits per heavy atom. The molecule has 2 amide bonds. The maximum Gasteiger partial charge on any atom is 0.251 e. The van der Waals surface area contributed by atoms with Crippen LogP contribution in [0.15, 0.2) is 46.3 Å². The van der Waals surface area contributed by atoms with Crippen LogP contribution in [0.2, 0.25) is 0 Å². The van der Waals surface area contributed by atoms with Crippen molar-refractivity contribution in [1.29, 1.82) is 0 Å². The van der Waals surface area contributed by atoms with E-state index in [1.165, 1.54) is 11.3 Å². The van der Waals surface area contributed by atoms with E-state index in [1.54, 1.807) is 24.3 Å². The molecule has 138 valence electrons. The summed E-state index contributed by atoms with van der Waals surface area (Å²) in [7, 11) is 0. The highest BCUT2D eigenvalue weighted by Gasteiger charge is 2.23. The number of aromatic nitrogens is 2. The summed E-state index contributed by atoms with van der Waals surface area (Å²) in [5, 5.41) is 11.6. The van der Waals surface area contributed by atoms with E-state index >= 15 is 0 Å². The van der Waals surface area contributed by atoms with Crippen molar-refractivity contribution in [2.45, 2.75) is 31.7 Å². The fourth-order valence-corrected chi connectivity index (χ4v) is 3.16. The summed E-state index contributed by atoms with van der Waals surface area (Å²) in [6.45, 7) is 0. The summed E-state index contributed by atoms with van der Waals surface area (Å²) in [4.78, 5) is 29.3. The standard InChI is InChI=1S/C19H18N4O3S/c24-16(9-10-17-22-18(23-26-17)15-2-1-11-27-15)20-13-5-3-12(4-6-13)19(25)21-14-7-8-14/h1-6,11,14H,7-10H2,(H,20,24)(H,21,25). The Morgan fingerprint density at radius 1 is 1.19 bits per heavy atom. The van der Waals surface area contributed by atoms with E-state index in [1.807, 2.05) is 17.5 Å². The van der Waals surface area contributed by atoms with E-state index in [-0.39, 0.29) is 18.2 Å². The molecule has 0 unspecified atom stereocenters. The minimum atomic E-state index is -0.152. The molecule has 0 atom stereocenters. The summed E-state index contributed by atoms with van der Waals surface area (Å²) in [5.74, 6) is 0.746. The Hall–Kier alpha value is -3.00. The second-order valence-corrected chi connectivity index (χ2v) is 7.31. The van der Waals surface area contributed by atoms with Crippen molar-refractivity contribution in [3.05, 3.63) is 53.2 Å². The number of hydrogen-bond acceptors (Lipinski definition) is 6. The lowest BCUT2D eigenvalue weighted by molar-refractivity contribution is -0.116. The lowest BCUT2D eigenvalue weighted by atomic mass is 10.2. The third-order valence-electron chi connectivity index (χ3n) is 4.12. The zero-order valence-electron chi connectivity index (χ0n) is 14.5. The van der Waals surface area contributed by atoms with Gasteiger partial charge in [-0.1, -0.05) is 11.2 Å². The summed E-state index contributed by atoms with van der Waals surface area (Å²) < 4.78 is 5.19. The van der Waals surface area contributed by atoms with Gasteiger partial charge in [0.2, 0.25) is 17.6 Å². The first-order valence-electron chi connectivity index (χ1n) is 8.74. The summed E-state index contributed by atoms with van der Waals surface area (Å²) >= 11 is 1.53. The third kappa shape index (κ3) is 4.59. The lowest BCUT2D eigenvalue weighted by Gasteiger charge is -2.06. The molecule has 3 aromatic rings. The van der Waals surface area contributed by atoms with Gasteiger partial charge < -0.3 is 15.2 Å². The number of carbonyl (C=O) groups is 2. The average Bonchev–Trinajstić information content (AvgIpc) is 3.13. The molecular weight excluding hydrogens is 364 g/mol. The number of anilines is 1. The fourth-order valence-electron chi connectivity index (χ4n) is 2.51. The molecule has 27 heavy (non-hydrogen) atoms. The molecule has 2 heterocycles. The Morgan fingerprint density at radius 3 is 2.70 bits per heavy atom. The van der Waals surface area contributed by atoms with Crippen molar-refractivity contribution in [2.24, 2.45) is 0 Å². The number of thiophene rings is 1. The number of nitrogens with one attached hydrogen (secondary N) is 2. The van der Waals surface area contributed by atoms with Crippen LogP contribution in [-0.2, 0) is 11.2 Å². The third-order valence-corrected chi connectivity index (χ3v) is 4.98. The minimum Gasteiger partial charge on any atom is -0.349 e. The van der Waals surface area contributed by atoms with Crippen LogP contribution in [-0.4, -0.2) is 28.0 Å². The van der Waals surface area contributed by atoms with Crippen LogP contribution in [0.25, 0.3) is 10.7 Å². The Bertz CT molecular complexity index is 930.